The second-order valence-corrected chi connectivity index (χ2v) is 8.45. The van der Waals surface area contributed by atoms with E-state index >= 15 is 0 Å². The lowest BCUT2D eigenvalue weighted by atomic mass is 10.2. The summed E-state index contributed by atoms with van der Waals surface area (Å²) in [6.45, 7) is 4.24. The molecule has 1 heterocycles. The van der Waals surface area contributed by atoms with Crippen molar-refractivity contribution in [2.45, 2.75) is 25.2 Å². The van der Waals surface area contributed by atoms with Crippen LogP contribution in [0.3, 0.4) is 0 Å². The average Bonchev–Trinajstić information content (AvgIpc) is 2.85. The summed E-state index contributed by atoms with van der Waals surface area (Å²) in [6.07, 6.45) is 0.0295. The molecule has 1 amide bonds. The van der Waals surface area contributed by atoms with E-state index in [1.54, 1.807) is 6.07 Å². The summed E-state index contributed by atoms with van der Waals surface area (Å²) in [6, 6.07) is 6.23. The summed E-state index contributed by atoms with van der Waals surface area (Å²) < 4.78 is 32.5. The maximum absolute atomic E-state index is 12.3. The smallest absolute Gasteiger partial charge is 0.264 e. The summed E-state index contributed by atoms with van der Waals surface area (Å²) in [5, 5.41) is 1.84. The first-order valence-corrected chi connectivity index (χ1v) is 9.99. The molecular formula is C15H16BrNO4S2. The lowest BCUT2D eigenvalue weighted by molar-refractivity contribution is -0.118. The first-order chi connectivity index (χ1) is 10.8. The third-order valence-corrected chi connectivity index (χ3v) is 5.81. The predicted octanol–water partition coefficient (Wildman–Crippen LogP) is 3.27. The predicted molar refractivity (Wildman–Crippen MR) is 93.4 cm³/mol. The van der Waals surface area contributed by atoms with Crippen LogP contribution in [-0.4, -0.2) is 20.9 Å². The molecule has 2 rings (SSSR count). The van der Waals surface area contributed by atoms with Crippen molar-refractivity contribution in [1.29, 1.82) is 0 Å². The number of nitrogens with one attached hydrogen (secondary N) is 1. The van der Waals surface area contributed by atoms with Crippen LogP contribution >= 0.6 is 27.3 Å². The molecule has 0 saturated carbocycles. The number of thiophene rings is 1. The standard InChI is InChI=1S/C15H16BrNO4S2/c1-3-21-14-5-4-12(8-13(14)16)23(19,20)17-15(18)7-11-6-10(2)22-9-11/h4-6,8-9H,3,7H2,1-2H3,(H,17,18). The zero-order valence-corrected chi connectivity index (χ0v) is 15.8. The SMILES string of the molecule is CCOc1ccc(S(=O)(=O)NC(=O)Cc2csc(C)c2)cc1Br. The molecule has 0 aliphatic heterocycles. The number of benzene rings is 1. The van der Waals surface area contributed by atoms with Crippen LogP contribution in [0.1, 0.15) is 17.4 Å². The van der Waals surface area contributed by atoms with Gasteiger partial charge in [0, 0.05) is 4.88 Å². The van der Waals surface area contributed by atoms with Gasteiger partial charge >= 0.3 is 0 Å². The lowest BCUT2D eigenvalue weighted by Crippen LogP contribution is -2.31. The highest BCUT2D eigenvalue weighted by atomic mass is 79.9. The molecule has 0 atom stereocenters. The number of aryl methyl sites for hydroxylation is 1. The topological polar surface area (TPSA) is 72.5 Å². The Morgan fingerprint density at radius 2 is 2.09 bits per heavy atom. The van der Waals surface area contributed by atoms with Crippen LogP contribution in [0.2, 0.25) is 0 Å². The molecule has 1 aromatic carbocycles. The van der Waals surface area contributed by atoms with Gasteiger partial charge in [0.1, 0.15) is 5.75 Å². The molecule has 5 nitrogen and oxygen atoms in total. The minimum Gasteiger partial charge on any atom is -0.493 e. The molecular weight excluding hydrogens is 402 g/mol. The van der Waals surface area contributed by atoms with Crippen LogP contribution in [0.15, 0.2) is 39.0 Å². The zero-order chi connectivity index (χ0) is 17.0. The Kier molecular flexibility index (Phi) is 5.83. The molecule has 124 valence electrons. The number of hydrogen-bond acceptors (Lipinski definition) is 5. The lowest BCUT2D eigenvalue weighted by Gasteiger charge is -2.09. The van der Waals surface area contributed by atoms with Gasteiger partial charge in [-0.3, -0.25) is 4.79 Å². The van der Waals surface area contributed by atoms with Gasteiger partial charge in [0.25, 0.3) is 10.0 Å². The second kappa shape index (κ2) is 7.46. The molecule has 0 spiro atoms. The van der Waals surface area contributed by atoms with Gasteiger partial charge in [0.2, 0.25) is 5.91 Å². The van der Waals surface area contributed by atoms with Crippen LogP contribution in [0.25, 0.3) is 0 Å². The number of carbonyl (C=O) groups is 1. The first kappa shape index (κ1) is 18.0. The summed E-state index contributed by atoms with van der Waals surface area (Å²) in [5.41, 5.74) is 0.799. The van der Waals surface area contributed by atoms with E-state index in [1.165, 1.54) is 23.5 Å². The number of halogens is 1. The van der Waals surface area contributed by atoms with Crippen LogP contribution in [0.4, 0.5) is 0 Å². The summed E-state index contributed by atoms with van der Waals surface area (Å²) in [5.74, 6) is -0.0145. The van der Waals surface area contributed by atoms with E-state index in [1.807, 2.05) is 25.3 Å². The van der Waals surface area contributed by atoms with Gasteiger partial charge in [0.05, 0.1) is 22.4 Å². The van der Waals surface area contributed by atoms with Crippen molar-refractivity contribution >= 4 is 43.2 Å². The van der Waals surface area contributed by atoms with Crippen LogP contribution < -0.4 is 9.46 Å². The minimum atomic E-state index is -3.91. The highest BCUT2D eigenvalue weighted by Gasteiger charge is 2.19. The quantitative estimate of drug-likeness (QED) is 0.782. The van der Waals surface area contributed by atoms with Crippen LogP contribution in [0, 0.1) is 6.92 Å². The molecule has 0 saturated heterocycles. The normalized spacial score (nSPS) is 11.3. The van der Waals surface area contributed by atoms with Crippen LogP contribution in [-0.2, 0) is 21.2 Å². The van der Waals surface area contributed by atoms with Crippen LogP contribution in [0.5, 0.6) is 5.75 Å². The summed E-state index contributed by atoms with van der Waals surface area (Å²) in [4.78, 5) is 13.0. The molecule has 23 heavy (non-hydrogen) atoms. The molecule has 0 aliphatic carbocycles. The Morgan fingerprint density at radius 1 is 1.35 bits per heavy atom. The monoisotopic (exact) mass is 417 g/mol. The number of hydrogen-bond donors (Lipinski definition) is 1. The number of sulfonamides is 1. The fourth-order valence-electron chi connectivity index (χ4n) is 1.94. The molecule has 0 aliphatic rings. The zero-order valence-electron chi connectivity index (χ0n) is 12.6. The van der Waals surface area contributed by atoms with Gasteiger partial charge in [0.15, 0.2) is 0 Å². The van der Waals surface area contributed by atoms with Gasteiger partial charge in [-0.15, -0.1) is 11.3 Å². The van der Waals surface area contributed by atoms with E-state index < -0.39 is 15.9 Å². The number of rotatable bonds is 6. The van der Waals surface area contributed by atoms with E-state index in [2.05, 4.69) is 20.7 Å². The number of amides is 1. The third kappa shape index (κ3) is 4.79. The molecule has 0 bridgehead atoms. The molecule has 0 unspecified atom stereocenters. The Balaban J connectivity index is 2.12. The van der Waals surface area contributed by atoms with E-state index in [0.717, 1.165) is 10.4 Å². The molecule has 8 heteroatoms. The highest BCUT2D eigenvalue weighted by Crippen LogP contribution is 2.27. The van der Waals surface area contributed by atoms with Crippen molar-refractivity contribution in [3.05, 3.63) is 44.6 Å². The molecule has 0 fully saturated rings. The molecule has 2 aromatic rings. The van der Waals surface area contributed by atoms with Gasteiger partial charge < -0.3 is 4.74 Å². The molecule has 0 radical (unpaired) electrons. The van der Waals surface area contributed by atoms with E-state index in [-0.39, 0.29) is 11.3 Å². The summed E-state index contributed by atoms with van der Waals surface area (Å²) >= 11 is 4.78. The largest absolute Gasteiger partial charge is 0.493 e. The third-order valence-electron chi connectivity index (χ3n) is 2.91. The van der Waals surface area contributed by atoms with E-state index in [4.69, 9.17) is 4.74 Å². The Bertz CT molecular complexity index is 815. The summed E-state index contributed by atoms with van der Waals surface area (Å²) in [7, 11) is -3.91. The highest BCUT2D eigenvalue weighted by molar-refractivity contribution is 9.10. The van der Waals surface area contributed by atoms with Crippen molar-refractivity contribution in [3.63, 3.8) is 0 Å². The maximum Gasteiger partial charge on any atom is 0.264 e. The first-order valence-electron chi connectivity index (χ1n) is 6.84. The maximum atomic E-state index is 12.3. The van der Waals surface area contributed by atoms with Gasteiger partial charge in [-0.1, -0.05) is 0 Å². The fourth-order valence-corrected chi connectivity index (χ4v) is 4.30. The minimum absolute atomic E-state index is 0.00248. The van der Waals surface area contributed by atoms with Gasteiger partial charge in [-0.2, -0.15) is 0 Å². The Labute approximate surface area is 147 Å². The fraction of sp³-hybridized carbons (Fsp3) is 0.267. The number of ether oxygens (including phenoxy) is 1. The molecule has 1 aromatic heterocycles. The second-order valence-electron chi connectivity index (χ2n) is 4.80. The van der Waals surface area contributed by atoms with Crippen molar-refractivity contribution in [1.82, 2.24) is 4.72 Å². The Morgan fingerprint density at radius 3 is 2.65 bits per heavy atom. The van der Waals surface area contributed by atoms with Crippen molar-refractivity contribution in [2.24, 2.45) is 0 Å². The number of carbonyl (C=O) groups excluding carboxylic acids is 1. The van der Waals surface area contributed by atoms with Gasteiger partial charge in [-0.05, 0) is 65.0 Å². The Hall–Kier alpha value is -1.38. The van der Waals surface area contributed by atoms with Gasteiger partial charge in [-0.25, -0.2) is 13.1 Å². The van der Waals surface area contributed by atoms with E-state index in [0.29, 0.717) is 16.8 Å². The van der Waals surface area contributed by atoms with Crippen molar-refractivity contribution < 1.29 is 17.9 Å². The average molecular weight is 418 g/mol. The van der Waals surface area contributed by atoms with E-state index in [9.17, 15) is 13.2 Å². The van der Waals surface area contributed by atoms with Crippen molar-refractivity contribution in [2.75, 3.05) is 6.61 Å². The molecule has 1 N–H and O–H groups in total. The van der Waals surface area contributed by atoms with Crippen molar-refractivity contribution in [3.8, 4) is 5.75 Å².